The van der Waals surface area contributed by atoms with E-state index in [1.54, 1.807) is 0 Å². The zero-order chi connectivity index (χ0) is 14.3. The van der Waals surface area contributed by atoms with Crippen LogP contribution in [0.25, 0.3) is 0 Å². The van der Waals surface area contributed by atoms with Crippen molar-refractivity contribution < 1.29 is 14.3 Å². The van der Waals surface area contributed by atoms with Gasteiger partial charge in [0.1, 0.15) is 6.04 Å². The first-order valence-electron chi connectivity index (χ1n) is 7.45. The summed E-state index contributed by atoms with van der Waals surface area (Å²) in [6.45, 7) is 7.14. The molecule has 0 spiro atoms. The van der Waals surface area contributed by atoms with Crippen molar-refractivity contribution in [3.63, 3.8) is 0 Å². The molecule has 0 aromatic carbocycles. The van der Waals surface area contributed by atoms with E-state index in [2.05, 4.69) is 26.1 Å². The van der Waals surface area contributed by atoms with Gasteiger partial charge in [0.2, 0.25) is 5.91 Å². The van der Waals surface area contributed by atoms with Gasteiger partial charge < -0.3 is 10.1 Å². The molecule has 1 saturated heterocycles. The highest BCUT2D eigenvalue weighted by atomic mass is 16.5. The van der Waals surface area contributed by atoms with Crippen LogP contribution in [0.15, 0.2) is 0 Å². The van der Waals surface area contributed by atoms with Crippen molar-refractivity contribution in [1.29, 1.82) is 0 Å². The molecule has 1 N–H and O–H groups in total. The normalized spacial score (nSPS) is 20.4. The Kier molecular flexibility index (Phi) is 6.89. The number of carbonyl (C=O) groups excluding carboxylic acids is 2. The van der Waals surface area contributed by atoms with Crippen LogP contribution in [0, 0.1) is 11.8 Å². The average molecular weight is 269 g/mol. The number of carbonyl (C=O) groups is 2. The summed E-state index contributed by atoms with van der Waals surface area (Å²) < 4.78 is 5.22. The van der Waals surface area contributed by atoms with E-state index >= 15 is 0 Å². The molecule has 0 radical (unpaired) electrons. The lowest BCUT2D eigenvalue weighted by atomic mass is 9.98. The number of amides is 1. The van der Waals surface area contributed by atoms with Gasteiger partial charge in [-0.3, -0.25) is 4.79 Å². The van der Waals surface area contributed by atoms with E-state index in [4.69, 9.17) is 4.74 Å². The van der Waals surface area contributed by atoms with Gasteiger partial charge in [0.15, 0.2) is 0 Å². The first-order chi connectivity index (χ1) is 8.99. The van der Waals surface area contributed by atoms with E-state index in [1.807, 2.05) is 0 Å². The first-order valence-corrected chi connectivity index (χ1v) is 7.45. The van der Waals surface area contributed by atoms with E-state index in [1.165, 1.54) is 19.3 Å². The molecule has 1 rings (SSSR count). The molecule has 1 heterocycles. The SMILES string of the molecule is CC(C)CCCC(C)CCOC(=O)[C@@H]1CCC(=O)N1. The lowest BCUT2D eigenvalue weighted by Crippen LogP contribution is -2.34. The summed E-state index contributed by atoms with van der Waals surface area (Å²) in [6, 6.07) is -0.413. The second-order valence-electron chi connectivity index (χ2n) is 6.04. The molecule has 0 aromatic rings. The fourth-order valence-corrected chi connectivity index (χ4v) is 2.27. The minimum Gasteiger partial charge on any atom is -0.464 e. The van der Waals surface area contributed by atoms with Gasteiger partial charge in [0.25, 0.3) is 0 Å². The third-order valence-electron chi connectivity index (χ3n) is 3.61. The Bertz CT molecular complexity index is 302. The Hall–Kier alpha value is -1.06. The topological polar surface area (TPSA) is 55.4 Å². The molecule has 0 saturated carbocycles. The molecule has 1 fully saturated rings. The molecule has 110 valence electrons. The van der Waals surface area contributed by atoms with Gasteiger partial charge in [-0.25, -0.2) is 4.79 Å². The van der Waals surface area contributed by atoms with Gasteiger partial charge in [0, 0.05) is 6.42 Å². The molecule has 1 unspecified atom stereocenters. The van der Waals surface area contributed by atoms with Gasteiger partial charge in [-0.15, -0.1) is 0 Å². The summed E-state index contributed by atoms with van der Waals surface area (Å²) in [5.41, 5.74) is 0. The van der Waals surface area contributed by atoms with E-state index in [0.29, 0.717) is 25.4 Å². The van der Waals surface area contributed by atoms with Gasteiger partial charge in [0.05, 0.1) is 6.61 Å². The zero-order valence-corrected chi connectivity index (χ0v) is 12.4. The van der Waals surface area contributed by atoms with E-state index < -0.39 is 6.04 Å². The number of ether oxygens (including phenoxy) is 1. The maximum Gasteiger partial charge on any atom is 0.328 e. The minimum absolute atomic E-state index is 0.0518. The Morgan fingerprint density at radius 2 is 2.05 bits per heavy atom. The highest BCUT2D eigenvalue weighted by Gasteiger charge is 2.28. The summed E-state index contributed by atoms with van der Waals surface area (Å²) in [7, 11) is 0. The molecule has 2 atom stereocenters. The van der Waals surface area contributed by atoms with E-state index in [-0.39, 0.29) is 11.9 Å². The van der Waals surface area contributed by atoms with Crippen LogP contribution in [0.2, 0.25) is 0 Å². The van der Waals surface area contributed by atoms with Crippen LogP contribution in [0.5, 0.6) is 0 Å². The number of hydrogen-bond donors (Lipinski definition) is 1. The molecule has 1 amide bonds. The van der Waals surface area contributed by atoms with Crippen molar-refractivity contribution in [3.05, 3.63) is 0 Å². The first kappa shape index (κ1) is 16.0. The maximum atomic E-state index is 11.6. The fourth-order valence-electron chi connectivity index (χ4n) is 2.27. The second-order valence-corrected chi connectivity index (χ2v) is 6.04. The van der Waals surface area contributed by atoms with Crippen LogP contribution in [0.3, 0.4) is 0 Å². The van der Waals surface area contributed by atoms with E-state index in [9.17, 15) is 9.59 Å². The Morgan fingerprint density at radius 3 is 2.63 bits per heavy atom. The largest absolute Gasteiger partial charge is 0.464 e. The summed E-state index contributed by atoms with van der Waals surface area (Å²) in [6.07, 6.45) is 5.61. The summed E-state index contributed by atoms with van der Waals surface area (Å²) in [5.74, 6) is 1.02. The number of hydrogen-bond acceptors (Lipinski definition) is 3. The fraction of sp³-hybridized carbons (Fsp3) is 0.867. The quantitative estimate of drug-likeness (QED) is 0.689. The molecular formula is C15H27NO3. The van der Waals surface area contributed by atoms with Crippen molar-refractivity contribution >= 4 is 11.9 Å². The molecule has 1 aliphatic heterocycles. The molecule has 4 heteroatoms. The molecule has 1 aliphatic rings. The third kappa shape index (κ3) is 6.60. The summed E-state index contributed by atoms with van der Waals surface area (Å²) in [4.78, 5) is 22.6. The van der Waals surface area contributed by atoms with Crippen LogP contribution in [0.4, 0.5) is 0 Å². The van der Waals surface area contributed by atoms with Gasteiger partial charge in [-0.2, -0.15) is 0 Å². The Labute approximate surface area is 116 Å². The predicted octanol–water partition coefficient (Wildman–Crippen LogP) is 2.66. The van der Waals surface area contributed by atoms with Crippen LogP contribution >= 0.6 is 0 Å². The summed E-state index contributed by atoms with van der Waals surface area (Å²) in [5, 5.41) is 2.63. The van der Waals surface area contributed by atoms with Gasteiger partial charge >= 0.3 is 5.97 Å². The van der Waals surface area contributed by atoms with Crippen LogP contribution in [-0.4, -0.2) is 24.5 Å². The highest BCUT2D eigenvalue weighted by Crippen LogP contribution is 2.15. The molecule has 19 heavy (non-hydrogen) atoms. The van der Waals surface area contributed by atoms with Gasteiger partial charge in [-0.05, 0) is 24.7 Å². The van der Waals surface area contributed by atoms with Crippen molar-refractivity contribution in [2.24, 2.45) is 11.8 Å². The molecule has 4 nitrogen and oxygen atoms in total. The van der Waals surface area contributed by atoms with Gasteiger partial charge in [-0.1, -0.05) is 40.0 Å². The average Bonchev–Trinajstić information content (AvgIpc) is 2.75. The van der Waals surface area contributed by atoms with Crippen LogP contribution in [-0.2, 0) is 14.3 Å². The minimum atomic E-state index is -0.413. The lowest BCUT2D eigenvalue weighted by molar-refractivity contribution is -0.146. The third-order valence-corrected chi connectivity index (χ3v) is 3.61. The smallest absolute Gasteiger partial charge is 0.328 e. The Balaban J connectivity index is 2.06. The second kappa shape index (κ2) is 8.18. The zero-order valence-electron chi connectivity index (χ0n) is 12.4. The highest BCUT2D eigenvalue weighted by molar-refractivity contribution is 5.87. The van der Waals surface area contributed by atoms with E-state index in [0.717, 1.165) is 12.3 Å². The maximum absolute atomic E-state index is 11.6. The molecule has 0 aliphatic carbocycles. The Morgan fingerprint density at radius 1 is 1.32 bits per heavy atom. The van der Waals surface area contributed by atoms with Crippen LogP contribution < -0.4 is 5.32 Å². The molecule has 0 bridgehead atoms. The van der Waals surface area contributed by atoms with Crippen molar-refractivity contribution in [2.45, 2.75) is 65.3 Å². The monoisotopic (exact) mass is 269 g/mol. The summed E-state index contributed by atoms with van der Waals surface area (Å²) >= 11 is 0. The number of rotatable bonds is 8. The van der Waals surface area contributed by atoms with Crippen LogP contribution in [0.1, 0.15) is 59.3 Å². The van der Waals surface area contributed by atoms with Crippen molar-refractivity contribution in [3.8, 4) is 0 Å². The van der Waals surface area contributed by atoms with Crippen molar-refractivity contribution in [1.82, 2.24) is 5.32 Å². The predicted molar refractivity (Wildman–Crippen MR) is 74.6 cm³/mol. The van der Waals surface area contributed by atoms with Crippen molar-refractivity contribution in [2.75, 3.05) is 6.61 Å². The standard InChI is InChI=1S/C15H27NO3/c1-11(2)5-4-6-12(3)9-10-19-15(18)13-7-8-14(17)16-13/h11-13H,4-10H2,1-3H3,(H,16,17)/t12?,13-/m0/s1. The number of nitrogens with one attached hydrogen (secondary N) is 1. The molecule has 0 aromatic heterocycles. The lowest BCUT2D eigenvalue weighted by Gasteiger charge is -2.14. The molecular weight excluding hydrogens is 242 g/mol. The number of esters is 1.